The van der Waals surface area contributed by atoms with Crippen LogP contribution in [0.15, 0.2) is 34.9 Å². The molecule has 0 bridgehead atoms. The quantitative estimate of drug-likeness (QED) is 0.817. The minimum absolute atomic E-state index is 0.103. The van der Waals surface area contributed by atoms with Gasteiger partial charge in [0.25, 0.3) is 0 Å². The lowest BCUT2D eigenvalue weighted by atomic mass is 10.1. The molecule has 0 spiro atoms. The summed E-state index contributed by atoms with van der Waals surface area (Å²) in [5.41, 5.74) is 1.06. The summed E-state index contributed by atoms with van der Waals surface area (Å²) >= 11 is 0. The van der Waals surface area contributed by atoms with Crippen LogP contribution in [0.4, 0.5) is 0 Å². The van der Waals surface area contributed by atoms with E-state index >= 15 is 0 Å². The summed E-state index contributed by atoms with van der Waals surface area (Å²) in [5, 5.41) is 16.4. The Morgan fingerprint density at radius 3 is 2.74 bits per heavy atom. The van der Waals surface area contributed by atoms with Crippen molar-refractivity contribution in [2.24, 2.45) is 0 Å². The van der Waals surface area contributed by atoms with Crippen molar-refractivity contribution in [3.8, 4) is 0 Å². The number of hydrogen-bond acceptors (Lipinski definition) is 5. The van der Waals surface area contributed by atoms with Gasteiger partial charge in [0.05, 0.1) is 13.2 Å². The average Bonchev–Trinajstić information content (AvgIpc) is 3.11. The van der Waals surface area contributed by atoms with Crippen molar-refractivity contribution in [3.63, 3.8) is 0 Å². The fourth-order valence-corrected chi connectivity index (χ4v) is 2.02. The summed E-state index contributed by atoms with van der Waals surface area (Å²) in [7, 11) is 0. The monoisotopic (exact) mass is 259 g/mol. The first-order valence-electron chi connectivity index (χ1n) is 6.51. The van der Waals surface area contributed by atoms with Gasteiger partial charge in [-0.25, -0.2) is 0 Å². The summed E-state index contributed by atoms with van der Waals surface area (Å²) in [6, 6.07) is 10.1. The highest BCUT2D eigenvalue weighted by molar-refractivity contribution is 5.18. The van der Waals surface area contributed by atoms with Gasteiger partial charge in [0.15, 0.2) is 5.82 Å². The number of aliphatic hydroxyl groups is 1. The minimum Gasteiger partial charge on any atom is -0.394 e. The molecule has 5 nitrogen and oxygen atoms in total. The molecule has 100 valence electrons. The van der Waals surface area contributed by atoms with Crippen molar-refractivity contribution < 1.29 is 9.63 Å². The van der Waals surface area contributed by atoms with E-state index in [1.807, 2.05) is 30.3 Å². The number of nitrogens with one attached hydrogen (secondary N) is 1. The van der Waals surface area contributed by atoms with E-state index in [2.05, 4.69) is 15.5 Å². The van der Waals surface area contributed by atoms with Crippen molar-refractivity contribution in [2.45, 2.75) is 31.3 Å². The Morgan fingerprint density at radius 2 is 2.05 bits per heavy atom. The molecule has 0 atom stereocenters. The SMILES string of the molecule is OCC1(NCc2nc(Cc3ccccc3)no2)CC1. The highest BCUT2D eigenvalue weighted by Gasteiger charge is 2.41. The molecule has 1 aliphatic rings. The van der Waals surface area contributed by atoms with E-state index in [9.17, 15) is 5.11 Å². The van der Waals surface area contributed by atoms with Gasteiger partial charge in [-0.2, -0.15) is 4.98 Å². The third kappa shape index (κ3) is 3.00. The zero-order valence-electron chi connectivity index (χ0n) is 10.7. The third-order valence-electron chi connectivity index (χ3n) is 3.49. The maximum absolute atomic E-state index is 9.21. The van der Waals surface area contributed by atoms with Gasteiger partial charge < -0.3 is 14.9 Å². The Hall–Kier alpha value is -1.72. The number of aliphatic hydroxyl groups excluding tert-OH is 1. The largest absolute Gasteiger partial charge is 0.394 e. The number of hydrogen-bond donors (Lipinski definition) is 2. The Balaban J connectivity index is 1.57. The molecule has 2 N–H and O–H groups in total. The second-order valence-electron chi connectivity index (χ2n) is 5.06. The number of aromatic nitrogens is 2. The molecule has 19 heavy (non-hydrogen) atoms. The Morgan fingerprint density at radius 1 is 1.26 bits per heavy atom. The van der Waals surface area contributed by atoms with Crippen molar-refractivity contribution in [3.05, 3.63) is 47.6 Å². The molecule has 1 aliphatic carbocycles. The standard InChI is InChI=1S/C14H17N3O2/c18-10-14(6-7-14)15-9-13-16-12(17-19-13)8-11-4-2-1-3-5-11/h1-5,15,18H,6-10H2. The summed E-state index contributed by atoms with van der Waals surface area (Å²) in [6.07, 6.45) is 2.69. The van der Waals surface area contributed by atoms with E-state index in [1.54, 1.807) is 0 Å². The van der Waals surface area contributed by atoms with E-state index < -0.39 is 0 Å². The van der Waals surface area contributed by atoms with Gasteiger partial charge in [0.1, 0.15) is 0 Å². The van der Waals surface area contributed by atoms with Gasteiger partial charge in [-0.15, -0.1) is 0 Å². The first-order valence-corrected chi connectivity index (χ1v) is 6.51. The lowest BCUT2D eigenvalue weighted by molar-refractivity contribution is 0.224. The molecule has 0 radical (unpaired) electrons. The molecule has 1 aromatic heterocycles. The summed E-state index contributed by atoms with van der Waals surface area (Å²) in [6.45, 7) is 0.681. The Labute approximate surface area is 111 Å². The van der Waals surface area contributed by atoms with Crippen LogP contribution in [0.25, 0.3) is 0 Å². The number of rotatable bonds is 6. The molecule has 0 unspecified atom stereocenters. The van der Waals surface area contributed by atoms with Gasteiger partial charge in [0.2, 0.25) is 5.89 Å². The molecule has 2 aromatic rings. The molecule has 0 aliphatic heterocycles. The summed E-state index contributed by atoms with van der Waals surface area (Å²) in [5.74, 6) is 1.27. The molecule has 5 heteroatoms. The normalized spacial score (nSPS) is 16.5. The molecule has 1 heterocycles. The van der Waals surface area contributed by atoms with Gasteiger partial charge in [-0.3, -0.25) is 0 Å². The second kappa shape index (κ2) is 5.11. The topological polar surface area (TPSA) is 71.2 Å². The first kappa shape index (κ1) is 12.3. The van der Waals surface area contributed by atoms with Crippen LogP contribution >= 0.6 is 0 Å². The zero-order chi connectivity index (χ0) is 13.1. The smallest absolute Gasteiger partial charge is 0.240 e. The van der Waals surface area contributed by atoms with E-state index in [0.29, 0.717) is 24.7 Å². The van der Waals surface area contributed by atoms with Gasteiger partial charge in [-0.1, -0.05) is 35.5 Å². The third-order valence-corrected chi connectivity index (χ3v) is 3.49. The van der Waals surface area contributed by atoms with Crippen molar-refractivity contribution >= 4 is 0 Å². The zero-order valence-corrected chi connectivity index (χ0v) is 10.7. The minimum atomic E-state index is -0.103. The maximum Gasteiger partial charge on any atom is 0.240 e. The van der Waals surface area contributed by atoms with Crippen LogP contribution in [0.3, 0.4) is 0 Å². The number of nitrogens with zero attached hydrogens (tertiary/aromatic N) is 2. The summed E-state index contributed by atoms with van der Waals surface area (Å²) in [4.78, 5) is 4.35. The molecular formula is C14H17N3O2. The van der Waals surface area contributed by atoms with Crippen molar-refractivity contribution in [1.29, 1.82) is 0 Å². The molecule has 3 rings (SSSR count). The van der Waals surface area contributed by atoms with Crippen LogP contribution in [-0.4, -0.2) is 27.4 Å². The van der Waals surface area contributed by atoms with Gasteiger partial charge >= 0.3 is 0 Å². The van der Waals surface area contributed by atoms with E-state index in [-0.39, 0.29) is 12.1 Å². The van der Waals surface area contributed by atoms with Crippen LogP contribution in [0, 0.1) is 0 Å². The van der Waals surface area contributed by atoms with E-state index in [1.165, 1.54) is 0 Å². The van der Waals surface area contributed by atoms with Crippen molar-refractivity contribution in [2.75, 3.05) is 6.61 Å². The second-order valence-corrected chi connectivity index (χ2v) is 5.06. The van der Waals surface area contributed by atoms with Crippen LogP contribution in [-0.2, 0) is 13.0 Å². The highest BCUT2D eigenvalue weighted by atomic mass is 16.5. The van der Waals surface area contributed by atoms with Crippen LogP contribution < -0.4 is 5.32 Å². The molecular weight excluding hydrogens is 242 g/mol. The predicted molar refractivity (Wildman–Crippen MR) is 69.4 cm³/mol. The van der Waals surface area contributed by atoms with Crippen molar-refractivity contribution in [1.82, 2.24) is 15.5 Å². The molecule has 0 amide bonds. The van der Waals surface area contributed by atoms with E-state index in [0.717, 1.165) is 18.4 Å². The molecule has 1 saturated carbocycles. The maximum atomic E-state index is 9.21. The average molecular weight is 259 g/mol. The molecule has 1 fully saturated rings. The van der Waals surface area contributed by atoms with Crippen LogP contribution in [0.2, 0.25) is 0 Å². The number of benzene rings is 1. The lowest BCUT2D eigenvalue weighted by Crippen LogP contribution is -2.34. The Kier molecular flexibility index (Phi) is 3.31. The highest BCUT2D eigenvalue weighted by Crippen LogP contribution is 2.34. The fraction of sp³-hybridized carbons (Fsp3) is 0.429. The van der Waals surface area contributed by atoms with Crippen LogP contribution in [0.1, 0.15) is 30.1 Å². The molecule has 1 aromatic carbocycles. The predicted octanol–water partition coefficient (Wildman–Crippen LogP) is 1.27. The van der Waals surface area contributed by atoms with Crippen LogP contribution in [0.5, 0.6) is 0 Å². The van der Waals surface area contributed by atoms with Gasteiger partial charge in [0, 0.05) is 12.0 Å². The fourth-order valence-electron chi connectivity index (χ4n) is 2.02. The van der Waals surface area contributed by atoms with Gasteiger partial charge in [-0.05, 0) is 18.4 Å². The Bertz CT molecular complexity index is 535. The van der Waals surface area contributed by atoms with E-state index in [4.69, 9.17) is 4.52 Å². The lowest BCUT2D eigenvalue weighted by Gasteiger charge is -2.11. The molecule has 0 saturated heterocycles. The summed E-state index contributed by atoms with van der Waals surface area (Å²) < 4.78 is 5.20. The first-order chi connectivity index (χ1) is 9.30.